The highest BCUT2D eigenvalue weighted by Crippen LogP contribution is 2.19. The van der Waals surface area contributed by atoms with Crippen molar-refractivity contribution in [1.29, 1.82) is 0 Å². The molecule has 2 rings (SSSR count). The molecular weight excluding hydrogens is 200 g/mol. The second-order valence-corrected chi connectivity index (χ2v) is 4.21. The van der Waals surface area contributed by atoms with Crippen LogP contribution < -0.4 is 10.6 Å². The zero-order valence-electron chi connectivity index (χ0n) is 9.62. The van der Waals surface area contributed by atoms with Crippen molar-refractivity contribution in [3.05, 3.63) is 35.4 Å². The predicted octanol–water partition coefficient (Wildman–Crippen LogP) is 1.69. The molecule has 1 saturated carbocycles. The number of hydrogen-bond acceptors (Lipinski definition) is 2. The Labute approximate surface area is 96.2 Å². The summed E-state index contributed by atoms with van der Waals surface area (Å²) in [5, 5.41) is 6.23. The minimum atomic E-state index is 0.00389. The number of carbonyl (C=O) groups is 1. The summed E-state index contributed by atoms with van der Waals surface area (Å²) in [6, 6.07) is 8.52. The van der Waals surface area contributed by atoms with E-state index in [2.05, 4.69) is 10.6 Å². The fourth-order valence-electron chi connectivity index (χ4n) is 1.59. The van der Waals surface area contributed by atoms with Gasteiger partial charge in [-0.2, -0.15) is 0 Å². The lowest BCUT2D eigenvalue weighted by atomic mass is 10.1. The fraction of sp³-hybridized carbons (Fsp3) is 0.462. The first-order valence-corrected chi connectivity index (χ1v) is 5.90. The normalized spacial score (nSPS) is 14.8. The van der Waals surface area contributed by atoms with E-state index in [9.17, 15) is 4.79 Å². The third-order valence-electron chi connectivity index (χ3n) is 2.73. The van der Waals surface area contributed by atoms with Crippen LogP contribution in [0, 0.1) is 0 Å². The highest BCUT2D eigenvalue weighted by Gasteiger charge is 2.19. The molecule has 0 aromatic heterocycles. The number of hydrogen-bond donors (Lipinski definition) is 2. The van der Waals surface area contributed by atoms with Crippen LogP contribution in [-0.2, 0) is 6.54 Å². The summed E-state index contributed by atoms with van der Waals surface area (Å²) in [4.78, 5) is 11.5. The van der Waals surface area contributed by atoms with Gasteiger partial charge in [-0.1, -0.05) is 12.1 Å². The Hall–Kier alpha value is -1.35. The molecule has 1 fully saturated rings. The van der Waals surface area contributed by atoms with Gasteiger partial charge in [-0.25, -0.2) is 0 Å². The van der Waals surface area contributed by atoms with Crippen molar-refractivity contribution in [2.24, 2.45) is 0 Å². The standard InChI is InChI=1S/C13H18N2O/c1-2-14-13(16)11-5-3-10(4-6-11)9-15-12-7-8-12/h3-6,12,15H,2,7-9H2,1H3,(H,14,16). The average Bonchev–Trinajstić information content (AvgIpc) is 3.11. The number of amides is 1. The van der Waals surface area contributed by atoms with Gasteiger partial charge in [0.25, 0.3) is 5.91 Å². The van der Waals surface area contributed by atoms with Crippen molar-refractivity contribution in [2.45, 2.75) is 32.4 Å². The Morgan fingerprint density at radius 1 is 1.31 bits per heavy atom. The highest BCUT2D eigenvalue weighted by molar-refractivity contribution is 5.94. The smallest absolute Gasteiger partial charge is 0.251 e. The summed E-state index contributed by atoms with van der Waals surface area (Å²) >= 11 is 0. The van der Waals surface area contributed by atoms with Crippen LogP contribution >= 0.6 is 0 Å². The SMILES string of the molecule is CCNC(=O)c1ccc(CNC2CC2)cc1. The highest BCUT2D eigenvalue weighted by atomic mass is 16.1. The van der Waals surface area contributed by atoms with E-state index >= 15 is 0 Å². The van der Waals surface area contributed by atoms with Gasteiger partial charge in [0.1, 0.15) is 0 Å². The van der Waals surface area contributed by atoms with Gasteiger partial charge in [0.2, 0.25) is 0 Å². The minimum Gasteiger partial charge on any atom is -0.352 e. The summed E-state index contributed by atoms with van der Waals surface area (Å²) in [5.74, 6) is 0.00389. The molecule has 3 heteroatoms. The van der Waals surface area contributed by atoms with E-state index in [-0.39, 0.29) is 5.91 Å². The average molecular weight is 218 g/mol. The van der Waals surface area contributed by atoms with Crippen LogP contribution in [0.15, 0.2) is 24.3 Å². The van der Waals surface area contributed by atoms with Gasteiger partial charge in [0.15, 0.2) is 0 Å². The third kappa shape index (κ3) is 3.07. The molecule has 86 valence electrons. The van der Waals surface area contributed by atoms with E-state index in [1.165, 1.54) is 18.4 Å². The minimum absolute atomic E-state index is 0.00389. The molecule has 0 bridgehead atoms. The van der Waals surface area contributed by atoms with Gasteiger partial charge in [-0.05, 0) is 37.5 Å². The number of nitrogens with one attached hydrogen (secondary N) is 2. The zero-order valence-corrected chi connectivity index (χ0v) is 9.62. The number of carbonyl (C=O) groups excluding carboxylic acids is 1. The number of rotatable bonds is 5. The lowest BCUT2D eigenvalue weighted by molar-refractivity contribution is 0.0956. The Morgan fingerprint density at radius 2 is 2.00 bits per heavy atom. The van der Waals surface area contributed by atoms with E-state index in [0.717, 1.165) is 18.2 Å². The molecule has 0 spiro atoms. The van der Waals surface area contributed by atoms with Gasteiger partial charge < -0.3 is 10.6 Å². The molecule has 1 aromatic rings. The van der Waals surface area contributed by atoms with Crippen molar-refractivity contribution in [1.82, 2.24) is 10.6 Å². The van der Waals surface area contributed by atoms with Crippen molar-refractivity contribution in [3.63, 3.8) is 0 Å². The monoisotopic (exact) mass is 218 g/mol. The molecule has 2 N–H and O–H groups in total. The molecule has 1 aliphatic rings. The van der Waals surface area contributed by atoms with Gasteiger partial charge in [-0.15, -0.1) is 0 Å². The maximum Gasteiger partial charge on any atom is 0.251 e. The Bertz CT molecular complexity index is 355. The third-order valence-corrected chi connectivity index (χ3v) is 2.73. The zero-order chi connectivity index (χ0) is 11.4. The summed E-state index contributed by atoms with van der Waals surface area (Å²) in [6.07, 6.45) is 2.61. The van der Waals surface area contributed by atoms with Gasteiger partial charge >= 0.3 is 0 Å². The van der Waals surface area contributed by atoms with Crippen LogP contribution in [0.1, 0.15) is 35.7 Å². The van der Waals surface area contributed by atoms with E-state index in [4.69, 9.17) is 0 Å². The Balaban J connectivity index is 1.89. The molecule has 0 radical (unpaired) electrons. The fourth-order valence-corrected chi connectivity index (χ4v) is 1.59. The van der Waals surface area contributed by atoms with Gasteiger partial charge in [-0.3, -0.25) is 4.79 Å². The van der Waals surface area contributed by atoms with Crippen LogP contribution in [-0.4, -0.2) is 18.5 Å². The van der Waals surface area contributed by atoms with Crippen molar-refractivity contribution < 1.29 is 4.79 Å². The predicted molar refractivity (Wildman–Crippen MR) is 64.3 cm³/mol. The molecule has 1 aliphatic carbocycles. The first-order chi connectivity index (χ1) is 7.79. The first-order valence-electron chi connectivity index (χ1n) is 5.90. The number of benzene rings is 1. The van der Waals surface area contributed by atoms with Crippen LogP contribution in [0.4, 0.5) is 0 Å². The molecule has 1 amide bonds. The van der Waals surface area contributed by atoms with E-state index in [1.807, 2.05) is 31.2 Å². The van der Waals surface area contributed by atoms with Crippen molar-refractivity contribution in [2.75, 3.05) is 6.54 Å². The summed E-state index contributed by atoms with van der Waals surface area (Å²) < 4.78 is 0. The lowest BCUT2D eigenvalue weighted by Crippen LogP contribution is -2.22. The summed E-state index contributed by atoms with van der Waals surface area (Å²) in [6.45, 7) is 3.50. The topological polar surface area (TPSA) is 41.1 Å². The summed E-state index contributed by atoms with van der Waals surface area (Å²) in [7, 11) is 0. The molecular formula is C13H18N2O. The van der Waals surface area contributed by atoms with Crippen LogP contribution in [0.3, 0.4) is 0 Å². The quantitative estimate of drug-likeness (QED) is 0.789. The van der Waals surface area contributed by atoms with E-state index in [0.29, 0.717) is 6.54 Å². The molecule has 1 aromatic carbocycles. The molecule has 0 atom stereocenters. The van der Waals surface area contributed by atoms with Crippen LogP contribution in [0.2, 0.25) is 0 Å². The molecule has 0 saturated heterocycles. The second kappa shape index (κ2) is 5.12. The maximum atomic E-state index is 11.5. The second-order valence-electron chi connectivity index (χ2n) is 4.21. The molecule has 0 unspecified atom stereocenters. The van der Waals surface area contributed by atoms with Gasteiger partial charge in [0.05, 0.1) is 0 Å². The summed E-state index contributed by atoms with van der Waals surface area (Å²) in [5.41, 5.74) is 1.97. The Kier molecular flexibility index (Phi) is 3.57. The van der Waals surface area contributed by atoms with Gasteiger partial charge in [0, 0.05) is 24.7 Å². The Morgan fingerprint density at radius 3 is 2.56 bits per heavy atom. The maximum absolute atomic E-state index is 11.5. The lowest BCUT2D eigenvalue weighted by Gasteiger charge is -2.05. The van der Waals surface area contributed by atoms with E-state index < -0.39 is 0 Å². The van der Waals surface area contributed by atoms with Crippen LogP contribution in [0.5, 0.6) is 0 Å². The molecule has 0 heterocycles. The molecule has 3 nitrogen and oxygen atoms in total. The first kappa shape index (κ1) is 11.1. The largest absolute Gasteiger partial charge is 0.352 e. The van der Waals surface area contributed by atoms with Crippen molar-refractivity contribution >= 4 is 5.91 Å². The van der Waals surface area contributed by atoms with E-state index in [1.54, 1.807) is 0 Å². The molecule has 16 heavy (non-hydrogen) atoms. The van der Waals surface area contributed by atoms with Crippen molar-refractivity contribution in [3.8, 4) is 0 Å². The van der Waals surface area contributed by atoms with Crippen LogP contribution in [0.25, 0.3) is 0 Å². The molecule has 0 aliphatic heterocycles.